The third kappa shape index (κ3) is 1.98. The van der Waals surface area contributed by atoms with Gasteiger partial charge in [-0.1, -0.05) is 12.1 Å². The highest BCUT2D eigenvalue weighted by Gasteiger charge is 2.29. The second kappa shape index (κ2) is 3.88. The Morgan fingerprint density at radius 3 is 2.71 bits per heavy atom. The van der Waals surface area contributed by atoms with E-state index in [0.29, 0.717) is 5.69 Å². The van der Waals surface area contributed by atoms with Crippen LogP contribution >= 0.6 is 0 Å². The molecular weight excluding hydrogens is 180 g/mol. The quantitative estimate of drug-likeness (QED) is 0.707. The molecule has 78 valence electrons. The molecule has 5 heteroatoms. The topological polar surface area (TPSA) is 59.8 Å². The number of rotatable bonds is 4. The summed E-state index contributed by atoms with van der Waals surface area (Å²) in [6.45, 7) is 6.43. The predicted molar refractivity (Wildman–Crippen MR) is 53.1 cm³/mol. The summed E-state index contributed by atoms with van der Waals surface area (Å²) in [6.07, 6.45) is 1.49. The molecule has 1 aromatic heterocycles. The zero-order valence-corrected chi connectivity index (χ0v) is 9.03. The van der Waals surface area contributed by atoms with Gasteiger partial charge in [-0.3, -0.25) is 4.79 Å². The van der Waals surface area contributed by atoms with Gasteiger partial charge in [-0.25, -0.2) is 4.68 Å². The van der Waals surface area contributed by atoms with E-state index in [0.717, 1.165) is 6.54 Å². The van der Waals surface area contributed by atoms with Crippen LogP contribution < -0.4 is 5.32 Å². The van der Waals surface area contributed by atoms with Crippen molar-refractivity contribution in [3.05, 3.63) is 11.9 Å². The highest BCUT2D eigenvalue weighted by Crippen LogP contribution is 2.10. The molecule has 0 bridgehead atoms. The van der Waals surface area contributed by atoms with Crippen LogP contribution in [0.15, 0.2) is 6.20 Å². The number of carbonyl (C=O) groups excluding carboxylic acids is 1. The maximum absolute atomic E-state index is 12.0. The van der Waals surface area contributed by atoms with Crippen LogP contribution in [0.1, 0.15) is 31.3 Å². The zero-order chi connectivity index (χ0) is 10.8. The summed E-state index contributed by atoms with van der Waals surface area (Å²) in [5.41, 5.74) is -0.0412. The Labute approximate surface area is 83.5 Å². The van der Waals surface area contributed by atoms with Crippen molar-refractivity contribution in [2.75, 3.05) is 6.54 Å². The summed E-state index contributed by atoms with van der Waals surface area (Å²) in [4.78, 5) is 12.0. The van der Waals surface area contributed by atoms with Crippen LogP contribution in [-0.4, -0.2) is 32.9 Å². The Kier molecular flexibility index (Phi) is 3.00. The molecule has 1 N–H and O–H groups in total. The number of hydrogen-bond acceptors (Lipinski definition) is 4. The van der Waals surface area contributed by atoms with Crippen LogP contribution in [0.5, 0.6) is 0 Å². The molecule has 0 spiro atoms. The van der Waals surface area contributed by atoms with Gasteiger partial charge in [-0.05, 0) is 20.4 Å². The van der Waals surface area contributed by atoms with E-state index in [-0.39, 0.29) is 5.78 Å². The molecule has 0 atom stereocenters. The summed E-state index contributed by atoms with van der Waals surface area (Å²) in [6, 6.07) is 0. The number of aryl methyl sites for hydroxylation is 1. The molecule has 0 saturated heterocycles. The number of hydrogen-bond donors (Lipinski definition) is 1. The van der Waals surface area contributed by atoms with Crippen molar-refractivity contribution < 1.29 is 4.79 Å². The number of aromatic nitrogens is 3. The van der Waals surface area contributed by atoms with Gasteiger partial charge >= 0.3 is 0 Å². The van der Waals surface area contributed by atoms with E-state index < -0.39 is 5.54 Å². The molecule has 0 fully saturated rings. The average molecular weight is 196 g/mol. The lowest BCUT2D eigenvalue weighted by atomic mass is 9.97. The first kappa shape index (κ1) is 10.8. The van der Waals surface area contributed by atoms with Gasteiger partial charge in [0.05, 0.1) is 11.7 Å². The van der Waals surface area contributed by atoms with Crippen molar-refractivity contribution in [3.63, 3.8) is 0 Å². The van der Waals surface area contributed by atoms with Crippen molar-refractivity contribution in [1.82, 2.24) is 20.3 Å². The molecule has 1 aromatic rings. The normalized spacial score (nSPS) is 11.7. The first-order chi connectivity index (χ1) is 6.49. The van der Waals surface area contributed by atoms with Gasteiger partial charge in [-0.2, -0.15) is 0 Å². The van der Waals surface area contributed by atoms with Crippen LogP contribution in [0.2, 0.25) is 0 Å². The minimum absolute atomic E-state index is 0.00634. The molecule has 0 unspecified atom stereocenters. The molecule has 0 amide bonds. The first-order valence-corrected chi connectivity index (χ1v) is 4.63. The Hall–Kier alpha value is -1.23. The third-order valence-corrected chi connectivity index (χ3v) is 2.13. The van der Waals surface area contributed by atoms with E-state index in [1.54, 1.807) is 7.05 Å². The largest absolute Gasteiger partial charge is 0.305 e. The number of carbonyl (C=O) groups is 1. The highest BCUT2D eigenvalue weighted by atomic mass is 16.1. The second-order valence-electron chi connectivity index (χ2n) is 3.73. The highest BCUT2D eigenvalue weighted by molar-refractivity contribution is 6.01. The van der Waals surface area contributed by atoms with Gasteiger partial charge in [0.2, 0.25) is 5.78 Å². The molecule has 1 heterocycles. The standard InChI is InChI=1S/C9H16N4O/c1-5-10-9(2,3)8(14)7-6-11-12-13(7)4/h6,10H,5H2,1-4H3. The maximum atomic E-state index is 12.0. The molecule has 1 rings (SSSR count). The van der Waals surface area contributed by atoms with Crippen LogP contribution in [0.25, 0.3) is 0 Å². The van der Waals surface area contributed by atoms with Crippen LogP contribution in [0, 0.1) is 0 Å². The fourth-order valence-electron chi connectivity index (χ4n) is 1.34. The van der Waals surface area contributed by atoms with Crippen molar-refractivity contribution >= 4 is 5.78 Å². The molecule has 0 aliphatic rings. The SMILES string of the molecule is CCNC(C)(C)C(=O)c1cnnn1C. The van der Waals surface area contributed by atoms with E-state index in [1.807, 2.05) is 20.8 Å². The van der Waals surface area contributed by atoms with Crippen molar-refractivity contribution in [2.24, 2.45) is 7.05 Å². The lowest BCUT2D eigenvalue weighted by Crippen LogP contribution is -2.47. The van der Waals surface area contributed by atoms with Crippen molar-refractivity contribution in [1.29, 1.82) is 0 Å². The number of nitrogens with one attached hydrogen (secondary N) is 1. The van der Waals surface area contributed by atoms with Gasteiger partial charge < -0.3 is 5.32 Å². The molecule has 0 saturated carbocycles. The van der Waals surface area contributed by atoms with Crippen LogP contribution in [-0.2, 0) is 7.05 Å². The smallest absolute Gasteiger partial charge is 0.201 e. The molecule has 5 nitrogen and oxygen atoms in total. The summed E-state index contributed by atoms with van der Waals surface area (Å²) in [7, 11) is 1.71. The molecule has 0 aromatic carbocycles. The fourth-order valence-corrected chi connectivity index (χ4v) is 1.34. The van der Waals surface area contributed by atoms with Crippen molar-refractivity contribution in [3.8, 4) is 0 Å². The number of likely N-dealkylation sites (N-methyl/N-ethyl adjacent to an activating group) is 1. The van der Waals surface area contributed by atoms with Crippen molar-refractivity contribution in [2.45, 2.75) is 26.3 Å². The molecule has 0 aliphatic heterocycles. The Morgan fingerprint density at radius 2 is 2.29 bits per heavy atom. The Bertz CT molecular complexity index is 329. The monoisotopic (exact) mass is 196 g/mol. The lowest BCUT2D eigenvalue weighted by molar-refractivity contribution is 0.0874. The van der Waals surface area contributed by atoms with Gasteiger partial charge in [-0.15, -0.1) is 5.10 Å². The van der Waals surface area contributed by atoms with E-state index >= 15 is 0 Å². The van der Waals surface area contributed by atoms with E-state index in [9.17, 15) is 4.79 Å². The van der Waals surface area contributed by atoms with Crippen LogP contribution in [0.3, 0.4) is 0 Å². The summed E-state index contributed by atoms with van der Waals surface area (Å²) in [5, 5.41) is 10.5. The average Bonchev–Trinajstić information content (AvgIpc) is 2.50. The fraction of sp³-hybridized carbons (Fsp3) is 0.667. The molecule has 0 radical (unpaired) electrons. The van der Waals surface area contributed by atoms with Gasteiger partial charge in [0.1, 0.15) is 5.69 Å². The number of nitrogens with zero attached hydrogens (tertiary/aromatic N) is 3. The summed E-state index contributed by atoms with van der Waals surface area (Å²) >= 11 is 0. The predicted octanol–water partition coefficient (Wildman–Crippen LogP) is 0.386. The molecular formula is C9H16N4O. The summed E-state index contributed by atoms with van der Waals surface area (Å²) < 4.78 is 1.49. The Morgan fingerprint density at radius 1 is 1.64 bits per heavy atom. The minimum Gasteiger partial charge on any atom is -0.305 e. The number of Topliss-reactive ketones (excluding diaryl/α,β-unsaturated/α-hetero) is 1. The third-order valence-electron chi connectivity index (χ3n) is 2.13. The second-order valence-corrected chi connectivity index (χ2v) is 3.73. The van der Waals surface area contributed by atoms with E-state index in [1.165, 1.54) is 10.9 Å². The van der Waals surface area contributed by atoms with E-state index in [4.69, 9.17) is 0 Å². The summed E-state index contributed by atoms with van der Waals surface area (Å²) in [5.74, 6) is 0.00634. The first-order valence-electron chi connectivity index (χ1n) is 4.63. The Balaban J connectivity index is 2.90. The zero-order valence-electron chi connectivity index (χ0n) is 9.03. The van der Waals surface area contributed by atoms with Gasteiger partial charge in [0.25, 0.3) is 0 Å². The van der Waals surface area contributed by atoms with Gasteiger partial charge in [0.15, 0.2) is 0 Å². The molecule has 0 aliphatic carbocycles. The number of ketones is 1. The van der Waals surface area contributed by atoms with Crippen LogP contribution in [0.4, 0.5) is 0 Å². The van der Waals surface area contributed by atoms with Gasteiger partial charge in [0, 0.05) is 7.05 Å². The minimum atomic E-state index is -0.565. The molecule has 14 heavy (non-hydrogen) atoms. The lowest BCUT2D eigenvalue weighted by Gasteiger charge is -2.23. The van der Waals surface area contributed by atoms with E-state index in [2.05, 4.69) is 15.6 Å². The maximum Gasteiger partial charge on any atom is 0.201 e.